The van der Waals surface area contributed by atoms with Crippen molar-refractivity contribution in [2.24, 2.45) is 0 Å². The Bertz CT molecular complexity index is 4730. The molecule has 0 unspecified atom stereocenters. The topological polar surface area (TPSA) is 42.7 Å². The van der Waals surface area contributed by atoms with Crippen LogP contribution in [0.25, 0.3) is 143 Å². The van der Waals surface area contributed by atoms with Gasteiger partial charge in [-0.3, -0.25) is 0 Å². The van der Waals surface area contributed by atoms with Crippen molar-refractivity contribution >= 4 is 115 Å². The van der Waals surface area contributed by atoms with E-state index in [0.29, 0.717) is 0 Å². The van der Waals surface area contributed by atoms with Crippen LogP contribution >= 0.6 is 0 Å². The third-order valence-electron chi connectivity index (χ3n) is 15.6. The van der Waals surface area contributed by atoms with Gasteiger partial charge < -0.3 is 18.2 Å². The zero-order valence-corrected chi connectivity index (χ0v) is 41.0. The molecule has 16 rings (SSSR count). The molecule has 0 spiro atoms. The molecule has 13 aromatic carbocycles. The SMILES string of the molecule is c1ccc(-c2cc3ccccc3c3c2oc2c(-c4ccc(N(c5ccc(-c6cccc7c6oc6c(-c8ccccc8)cc8ccccc8c67)cc5)c5cc6ccccc6c6c5oc5ccccc56)cc4)cccc23)cc1. The Kier molecular flexibility index (Phi) is 9.30. The van der Waals surface area contributed by atoms with Gasteiger partial charge in [0.2, 0.25) is 0 Å². The monoisotopic (exact) mass is 969 g/mol. The fourth-order valence-corrected chi connectivity index (χ4v) is 12.1. The number of anilines is 3. The lowest BCUT2D eigenvalue weighted by Gasteiger charge is -2.26. The molecule has 0 N–H and O–H groups in total. The van der Waals surface area contributed by atoms with Crippen molar-refractivity contribution in [2.45, 2.75) is 0 Å². The first-order valence-electron chi connectivity index (χ1n) is 25.9. The minimum atomic E-state index is 0.829. The molecule has 0 aliphatic carbocycles. The summed E-state index contributed by atoms with van der Waals surface area (Å²) in [6.07, 6.45) is 0. The second-order valence-corrected chi connectivity index (χ2v) is 19.8. The van der Waals surface area contributed by atoms with E-state index in [0.717, 1.165) is 138 Å². The predicted octanol–water partition coefficient (Wildman–Crippen LogP) is 21.0. The molecule has 0 amide bonds. The number of rotatable bonds is 7. The quantitative estimate of drug-likeness (QED) is 0.160. The molecule has 3 aromatic heterocycles. The largest absolute Gasteiger partial charge is 0.455 e. The van der Waals surface area contributed by atoms with E-state index in [4.69, 9.17) is 13.3 Å². The lowest BCUT2D eigenvalue weighted by molar-refractivity contribution is 0.669. The molecule has 16 aromatic rings. The van der Waals surface area contributed by atoms with Gasteiger partial charge in [-0.25, -0.2) is 0 Å². The summed E-state index contributed by atoms with van der Waals surface area (Å²) >= 11 is 0. The number of benzene rings is 13. The summed E-state index contributed by atoms with van der Waals surface area (Å²) < 4.78 is 21.1. The van der Waals surface area contributed by atoms with Gasteiger partial charge in [0.15, 0.2) is 5.58 Å². The first-order valence-corrected chi connectivity index (χ1v) is 25.9. The van der Waals surface area contributed by atoms with Crippen molar-refractivity contribution in [3.05, 3.63) is 261 Å². The number of hydrogen-bond acceptors (Lipinski definition) is 4. The van der Waals surface area contributed by atoms with Crippen molar-refractivity contribution in [3.8, 4) is 44.5 Å². The fourth-order valence-electron chi connectivity index (χ4n) is 12.1. The van der Waals surface area contributed by atoms with E-state index in [-0.39, 0.29) is 0 Å². The maximum absolute atomic E-state index is 7.07. The Morgan fingerprint density at radius 1 is 0.237 bits per heavy atom. The first-order chi connectivity index (χ1) is 37.7. The number of nitrogens with zero attached hydrogens (tertiary/aromatic N) is 1. The zero-order chi connectivity index (χ0) is 49.8. The van der Waals surface area contributed by atoms with Gasteiger partial charge in [-0.2, -0.15) is 0 Å². The van der Waals surface area contributed by atoms with Crippen LogP contribution in [0.3, 0.4) is 0 Å². The molecule has 0 radical (unpaired) electrons. The van der Waals surface area contributed by atoms with E-state index < -0.39 is 0 Å². The van der Waals surface area contributed by atoms with E-state index in [9.17, 15) is 0 Å². The average Bonchev–Trinajstić information content (AvgIpc) is 4.26. The van der Waals surface area contributed by atoms with Crippen LogP contribution in [0.2, 0.25) is 0 Å². The minimum absolute atomic E-state index is 0.829. The number of furan rings is 3. The summed E-state index contributed by atoms with van der Waals surface area (Å²) in [5, 5.41) is 13.7. The smallest absolute Gasteiger partial charge is 0.160 e. The Labute approximate surface area is 436 Å². The lowest BCUT2D eigenvalue weighted by Crippen LogP contribution is -2.10. The van der Waals surface area contributed by atoms with Gasteiger partial charge in [-0.05, 0) is 103 Å². The number of fused-ring (bicyclic) bond motifs is 15. The van der Waals surface area contributed by atoms with Gasteiger partial charge >= 0.3 is 0 Å². The third-order valence-corrected chi connectivity index (χ3v) is 15.6. The summed E-state index contributed by atoms with van der Waals surface area (Å²) in [6, 6.07) is 93.0. The van der Waals surface area contributed by atoms with Gasteiger partial charge in [-0.15, -0.1) is 0 Å². The summed E-state index contributed by atoms with van der Waals surface area (Å²) in [5.41, 5.74) is 16.7. The van der Waals surface area contributed by atoms with Crippen LogP contribution in [-0.2, 0) is 0 Å². The molecule has 0 bridgehead atoms. The molecule has 0 atom stereocenters. The van der Waals surface area contributed by atoms with Crippen LogP contribution in [0.4, 0.5) is 17.1 Å². The molecule has 0 aliphatic rings. The summed E-state index contributed by atoms with van der Waals surface area (Å²) in [5.74, 6) is 0. The molecule has 4 nitrogen and oxygen atoms in total. The summed E-state index contributed by atoms with van der Waals surface area (Å²) in [6.45, 7) is 0. The molecule has 76 heavy (non-hydrogen) atoms. The third kappa shape index (κ3) is 6.44. The molecule has 0 saturated heterocycles. The molecule has 354 valence electrons. The zero-order valence-electron chi connectivity index (χ0n) is 41.0. The molecule has 0 fully saturated rings. The van der Waals surface area contributed by atoms with Crippen LogP contribution in [0.15, 0.2) is 274 Å². The Morgan fingerprint density at radius 3 is 1.11 bits per heavy atom. The Morgan fingerprint density at radius 2 is 0.618 bits per heavy atom. The van der Waals surface area contributed by atoms with E-state index in [1.807, 2.05) is 6.07 Å². The molecular formula is C72H43NO3. The maximum Gasteiger partial charge on any atom is 0.160 e. The highest BCUT2D eigenvalue weighted by molar-refractivity contribution is 6.26. The second-order valence-electron chi connectivity index (χ2n) is 19.8. The average molecular weight is 970 g/mol. The van der Waals surface area contributed by atoms with Gasteiger partial charge in [0, 0.05) is 65.9 Å². The first kappa shape index (κ1) is 42.4. The molecule has 0 aliphatic heterocycles. The predicted molar refractivity (Wildman–Crippen MR) is 317 cm³/mol. The molecule has 0 saturated carbocycles. The van der Waals surface area contributed by atoms with Crippen LogP contribution in [0, 0.1) is 0 Å². The van der Waals surface area contributed by atoms with Crippen molar-refractivity contribution in [1.29, 1.82) is 0 Å². The van der Waals surface area contributed by atoms with Gasteiger partial charge in [-0.1, -0.05) is 212 Å². The summed E-state index contributed by atoms with van der Waals surface area (Å²) in [4.78, 5) is 2.34. The van der Waals surface area contributed by atoms with Crippen molar-refractivity contribution in [1.82, 2.24) is 0 Å². The molecule has 3 heterocycles. The van der Waals surface area contributed by atoms with Crippen LogP contribution in [0.1, 0.15) is 0 Å². The molecular weight excluding hydrogens is 927 g/mol. The second kappa shape index (κ2) is 16.7. The van der Waals surface area contributed by atoms with E-state index in [1.165, 1.54) is 21.5 Å². The minimum Gasteiger partial charge on any atom is -0.455 e. The van der Waals surface area contributed by atoms with Crippen LogP contribution < -0.4 is 4.90 Å². The highest BCUT2D eigenvalue weighted by Crippen LogP contribution is 2.49. The van der Waals surface area contributed by atoms with Crippen molar-refractivity contribution < 1.29 is 13.3 Å². The number of hydrogen-bond donors (Lipinski definition) is 0. The normalized spacial score (nSPS) is 11.9. The fraction of sp³-hybridized carbons (Fsp3) is 0. The summed E-state index contributed by atoms with van der Waals surface area (Å²) in [7, 11) is 0. The highest BCUT2D eigenvalue weighted by Gasteiger charge is 2.25. The van der Waals surface area contributed by atoms with Gasteiger partial charge in [0.25, 0.3) is 0 Å². The van der Waals surface area contributed by atoms with E-state index >= 15 is 0 Å². The Hall–Kier alpha value is -10.2. The number of para-hydroxylation sites is 3. The lowest BCUT2D eigenvalue weighted by atomic mass is 9.95. The highest BCUT2D eigenvalue weighted by atomic mass is 16.3. The van der Waals surface area contributed by atoms with Gasteiger partial charge in [0.05, 0.1) is 5.69 Å². The van der Waals surface area contributed by atoms with Crippen LogP contribution in [0.5, 0.6) is 0 Å². The van der Waals surface area contributed by atoms with Crippen molar-refractivity contribution in [3.63, 3.8) is 0 Å². The standard InChI is InChI=1S/C72H43NO3/c1-3-17-44(18-4-1)61-41-48-21-7-10-24-53(48)66-59-30-15-28-56(68(59)75-70(61)66)46-33-37-51(38-34-46)73(63-43-50-23-9-12-26-55(50)65-58-27-13-14-32-64(58)74-72(63)65)52-39-35-47(36-40-52)57-29-16-31-60-67-54-25-11-8-22-49(54)42-62(71(67)76-69(57)60)45-19-5-2-6-20-45/h1-43H. The van der Waals surface area contributed by atoms with Crippen LogP contribution in [-0.4, -0.2) is 0 Å². The maximum atomic E-state index is 7.07. The molecule has 4 heteroatoms. The van der Waals surface area contributed by atoms with Gasteiger partial charge in [0.1, 0.15) is 27.9 Å². The van der Waals surface area contributed by atoms with E-state index in [1.54, 1.807) is 0 Å². The van der Waals surface area contributed by atoms with Crippen molar-refractivity contribution in [2.75, 3.05) is 4.90 Å². The Balaban J connectivity index is 0.870. The van der Waals surface area contributed by atoms with E-state index in [2.05, 4.69) is 260 Å².